The number of rotatable bonds is 6. The maximum atomic E-state index is 12.2. The topological polar surface area (TPSA) is 54.2 Å². The van der Waals surface area contributed by atoms with Gasteiger partial charge in [-0.3, -0.25) is 9.58 Å². The van der Waals surface area contributed by atoms with Crippen molar-refractivity contribution >= 4 is 0 Å². The van der Waals surface area contributed by atoms with Gasteiger partial charge >= 0.3 is 0 Å². The highest BCUT2D eigenvalue weighted by molar-refractivity contribution is 4.83. The summed E-state index contributed by atoms with van der Waals surface area (Å²) >= 11 is 0. The molecule has 1 aromatic rings. The number of aliphatic hydroxyl groups is 1. The maximum absolute atomic E-state index is 12.2. The van der Waals surface area contributed by atoms with E-state index in [0.29, 0.717) is 5.82 Å². The van der Waals surface area contributed by atoms with Crippen molar-refractivity contribution in [2.75, 3.05) is 19.7 Å². The first-order valence-electron chi connectivity index (χ1n) is 4.57. The van der Waals surface area contributed by atoms with Crippen molar-refractivity contribution in [2.45, 2.75) is 13.0 Å². The molecule has 0 saturated carbocycles. The first-order valence-corrected chi connectivity index (χ1v) is 4.57. The Kier molecular flexibility index (Phi) is 4.57. The van der Waals surface area contributed by atoms with E-state index < -0.39 is 6.43 Å². The minimum absolute atomic E-state index is 0.148. The van der Waals surface area contributed by atoms with Crippen molar-refractivity contribution in [2.24, 2.45) is 7.05 Å². The zero-order valence-corrected chi connectivity index (χ0v) is 8.48. The van der Waals surface area contributed by atoms with E-state index in [9.17, 15) is 8.78 Å². The zero-order valence-electron chi connectivity index (χ0n) is 8.48. The molecular formula is C8H14F2N4O. The molecule has 0 aliphatic rings. The van der Waals surface area contributed by atoms with Gasteiger partial charge in [0.05, 0.1) is 19.7 Å². The van der Waals surface area contributed by atoms with Crippen LogP contribution in [0.5, 0.6) is 0 Å². The van der Waals surface area contributed by atoms with Crippen LogP contribution in [0.25, 0.3) is 0 Å². The standard InChI is InChI=1S/C8H14F2N4O/c1-13-8(11-6-12-13)5-14(2-3-15)4-7(9)10/h6-7,15H,2-5H2,1H3. The van der Waals surface area contributed by atoms with Crippen molar-refractivity contribution in [1.82, 2.24) is 19.7 Å². The van der Waals surface area contributed by atoms with E-state index in [1.165, 1.54) is 15.9 Å². The fraction of sp³-hybridized carbons (Fsp3) is 0.750. The van der Waals surface area contributed by atoms with Crippen LogP contribution in [0.15, 0.2) is 6.33 Å². The van der Waals surface area contributed by atoms with Gasteiger partial charge in [0.25, 0.3) is 6.43 Å². The van der Waals surface area contributed by atoms with Gasteiger partial charge < -0.3 is 5.11 Å². The Morgan fingerprint density at radius 3 is 2.80 bits per heavy atom. The Hall–Kier alpha value is -1.08. The molecule has 0 fully saturated rings. The fourth-order valence-electron chi connectivity index (χ4n) is 1.23. The monoisotopic (exact) mass is 220 g/mol. The Balaban J connectivity index is 2.54. The Labute approximate surface area is 86.3 Å². The number of alkyl halides is 2. The lowest BCUT2D eigenvalue weighted by atomic mass is 10.4. The summed E-state index contributed by atoms with van der Waals surface area (Å²) in [5.41, 5.74) is 0. The summed E-state index contributed by atoms with van der Waals surface area (Å²) in [6, 6.07) is 0. The lowest BCUT2D eigenvalue weighted by Gasteiger charge is -2.19. The van der Waals surface area contributed by atoms with Crippen LogP contribution in [0.3, 0.4) is 0 Å². The molecule has 0 atom stereocenters. The Bertz CT molecular complexity index is 292. The van der Waals surface area contributed by atoms with Gasteiger partial charge in [0.2, 0.25) is 0 Å². The molecule has 86 valence electrons. The molecule has 1 rings (SSSR count). The number of aliphatic hydroxyl groups excluding tert-OH is 1. The van der Waals surface area contributed by atoms with Crippen LogP contribution in [0.2, 0.25) is 0 Å². The highest BCUT2D eigenvalue weighted by Crippen LogP contribution is 2.03. The van der Waals surface area contributed by atoms with Gasteiger partial charge in [-0.25, -0.2) is 13.8 Å². The largest absolute Gasteiger partial charge is 0.395 e. The molecule has 0 saturated heterocycles. The third-order valence-electron chi connectivity index (χ3n) is 1.98. The summed E-state index contributed by atoms with van der Waals surface area (Å²) in [7, 11) is 1.70. The lowest BCUT2D eigenvalue weighted by molar-refractivity contribution is 0.0728. The molecule has 0 bridgehead atoms. The quantitative estimate of drug-likeness (QED) is 0.726. The second kappa shape index (κ2) is 5.72. The van der Waals surface area contributed by atoms with Crippen molar-refractivity contribution in [1.29, 1.82) is 0 Å². The molecule has 1 aromatic heterocycles. The molecule has 1 heterocycles. The Morgan fingerprint density at radius 1 is 1.60 bits per heavy atom. The van der Waals surface area contributed by atoms with E-state index in [1.54, 1.807) is 7.05 Å². The summed E-state index contributed by atoms with van der Waals surface area (Å²) in [6.45, 7) is -0.0450. The second-order valence-corrected chi connectivity index (χ2v) is 3.15. The van der Waals surface area contributed by atoms with Gasteiger partial charge in [0, 0.05) is 13.6 Å². The maximum Gasteiger partial charge on any atom is 0.251 e. The molecule has 0 amide bonds. The fourth-order valence-corrected chi connectivity index (χ4v) is 1.23. The first kappa shape index (κ1) is 12.0. The number of halogens is 2. The molecule has 0 aromatic carbocycles. The molecule has 1 N–H and O–H groups in total. The van der Waals surface area contributed by atoms with E-state index in [0.717, 1.165) is 0 Å². The number of aromatic nitrogens is 3. The predicted octanol–water partition coefficient (Wildman–Crippen LogP) is -0.125. The smallest absolute Gasteiger partial charge is 0.251 e. The van der Waals surface area contributed by atoms with Gasteiger partial charge in [-0.2, -0.15) is 5.10 Å². The van der Waals surface area contributed by atoms with Crippen molar-refractivity contribution in [3.8, 4) is 0 Å². The molecule has 0 aliphatic heterocycles. The number of hydrogen-bond acceptors (Lipinski definition) is 4. The average molecular weight is 220 g/mol. The minimum atomic E-state index is -2.41. The first-order chi connectivity index (χ1) is 7.13. The molecule has 0 unspecified atom stereocenters. The molecule has 15 heavy (non-hydrogen) atoms. The summed E-state index contributed by atoms with van der Waals surface area (Å²) in [5, 5.41) is 12.6. The molecule has 0 spiro atoms. The van der Waals surface area contributed by atoms with E-state index >= 15 is 0 Å². The van der Waals surface area contributed by atoms with Crippen molar-refractivity contribution in [3.05, 3.63) is 12.2 Å². The average Bonchev–Trinajstić information content (AvgIpc) is 2.51. The number of aryl methyl sites for hydroxylation is 1. The van der Waals surface area contributed by atoms with Crippen LogP contribution in [0.1, 0.15) is 5.82 Å². The van der Waals surface area contributed by atoms with Crippen LogP contribution in [0.4, 0.5) is 8.78 Å². The third kappa shape index (κ3) is 3.88. The van der Waals surface area contributed by atoms with Gasteiger partial charge in [-0.1, -0.05) is 0 Å². The lowest BCUT2D eigenvalue weighted by Crippen LogP contribution is -2.32. The van der Waals surface area contributed by atoms with Crippen LogP contribution >= 0.6 is 0 Å². The van der Waals surface area contributed by atoms with E-state index in [2.05, 4.69) is 10.1 Å². The SMILES string of the molecule is Cn1ncnc1CN(CCO)CC(F)F. The molecule has 7 heteroatoms. The summed E-state index contributed by atoms with van der Waals surface area (Å²) < 4.78 is 25.9. The van der Waals surface area contributed by atoms with Gasteiger partial charge in [0.1, 0.15) is 12.2 Å². The van der Waals surface area contributed by atoms with Crippen molar-refractivity contribution < 1.29 is 13.9 Å². The van der Waals surface area contributed by atoms with Crippen LogP contribution in [-0.4, -0.2) is 50.9 Å². The third-order valence-corrected chi connectivity index (χ3v) is 1.98. The van der Waals surface area contributed by atoms with Crippen LogP contribution in [-0.2, 0) is 13.6 Å². The van der Waals surface area contributed by atoms with E-state index in [-0.39, 0.29) is 26.2 Å². The predicted molar refractivity (Wildman–Crippen MR) is 49.4 cm³/mol. The summed E-state index contributed by atoms with van der Waals surface area (Å²) in [4.78, 5) is 5.37. The molecular weight excluding hydrogens is 206 g/mol. The van der Waals surface area contributed by atoms with E-state index in [1.807, 2.05) is 0 Å². The highest BCUT2D eigenvalue weighted by atomic mass is 19.3. The molecule has 5 nitrogen and oxygen atoms in total. The highest BCUT2D eigenvalue weighted by Gasteiger charge is 2.14. The summed E-state index contributed by atoms with van der Waals surface area (Å²) in [5.74, 6) is 0.601. The van der Waals surface area contributed by atoms with Gasteiger partial charge in [-0.05, 0) is 0 Å². The zero-order chi connectivity index (χ0) is 11.3. The molecule has 0 radical (unpaired) electrons. The van der Waals surface area contributed by atoms with Crippen LogP contribution in [0, 0.1) is 0 Å². The Morgan fingerprint density at radius 2 is 2.33 bits per heavy atom. The van der Waals surface area contributed by atoms with Gasteiger partial charge in [0.15, 0.2) is 0 Å². The van der Waals surface area contributed by atoms with Crippen molar-refractivity contribution in [3.63, 3.8) is 0 Å². The normalized spacial score (nSPS) is 11.6. The second-order valence-electron chi connectivity index (χ2n) is 3.15. The molecule has 0 aliphatic carbocycles. The number of nitrogens with zero attached hydrogens (tertiary/aromatic N) is 4. The van der Waals surface area contributed by atoms with Gasteiger partial charge in [-0.15, -0.1) is 0 Å². The summed E-state index contributed by atoms with van der Waals surface area (Å²) in [6.07, 6.45) is -1.04. The number of hydrogen-bond donors (Lipinski definition) is 1. The minimum Gasteiger partial charge on any atom is -0.395 e. The van der Waals surface area contributed by atoms with E-state index in [4.69, 9.17) is 5.11 Å². The van der Waals surface area contributed by atoms with Crippen LogP contribution < -0.4 is 0 Å².